The van der Waals surface area contributed by atoms with Crippen molar-refractivity contribution in [2.75, 3.05) is 6.26 Å². The summed E-state index contributed by atoms with van der Waals surface area (Å²) in [6, 6.07) is 9.74. The highest BCUT2D eigenvalue weighted by molar-refractivity contribution is 7.89. The minimum Gasteiger partial charge on any atom is -0.205 e. The van der Waals surface area contributed by atoms with Gasteiger partial charge in [0.05, 0.1) is 6.26 Å². The van der Waals surface area contributed by atoms with Crippen LogP contribution in [0.15, 0.2) is 46.9 Å². The molecule has 0 bridgehead atoms. The Morgan fingerprint density at radius 3 is 2.10 bits per heavy atom. The van der Waals surface area contributed by atoms with Crippen LogP contribution in [0.25, 0.3) is 11.1 Å². The van der Waals surface area contributed by atoms with E-state index in [1.54, 1.807) is 24.3 Å². The third-order valence-corrected chi connectivity index (χ3v) is 5.22. The highest BCUT2D eigenvalue weighted by Gasteiger charge is 2.77. The smallest absolute Gasteiger partial charge is 0.205 e. The molecule has 0 spiro atoms. The molecule has 0 fully saturated rings. The van der Waals surface area contributed by atoms with Crippen LogP contribution in [0.4, 0.5) is 35.1 Å². The molecule has 0 saturated carbocycles. The number of hydrogen-bond acceptors (Lipinski definition) is 2. The van der Waals surface area contributed by atoms with Crippen molar-refractivity contribution in [2.24, 2.45) is 4.40 Å². The number of alkyl halides is 8. The van der Waals surface area contributed by atoms with Gasteiger partial charge in [0.25, 0.3) is 10.0 Å². The summed E-state index contributed by atoms with van der Waals surface area (Å²) in [5.41, 5.74) is -0.832. The van der Waals surface area contributed by atoms with Gasteiger partial charge in [0.1, 0.15) is 5.71 Å². The molecule has 3 rings (SSSR count). The molecule has 2 aromatic carbocycles. The summed E-state index contributed by atoms with van der Waals surface area (Å²) in [4.78, 5) is 0. The van der Waals surface area contributed by atoms with Crippen LogP contribution in [0.3, 0.4) is 0 Å². The van der Waals surface area contributed by atoms with Crippen LogP contribution in [0, 0.1) is 0 Å². The quantitative estimate of drug-likeness (QED) is 0.368. The lowest BCUT2D eigenvalue weighted by atomic mass is 9.93. The van der Waals surface area contributed by atoms with Crippen molar-refractivity contribution in [2.45, 2.75) is 30.6 Å². The van der Waals surface area contributed by atoms with Gasteiger partial charge in [-0.25, -0.2) is 17.2 Å². The van der Waals surface area contributed by atoms with Gasteiger partial charge in [0.2, 0.25) is 0 Å². The highest BCUT2D eigenvalue weighted by Crippen LogP contribution is 2.50. The third-order valence-electron chi connectivity index (χ3n) is 4.71. The van der Waals surface area contributed by atoms with Crippen molar-refractivity contribution in [3.05, 3.63) is 59.2 Å². The summed E-state index contributed by atoms with van der Waals surface area (Å²) < 4.78 is 134. The van der Waals surface area contributed by atoms with Crippen LogP contribution in [0.5, 0.6) is 0 Å². The number of halogens is 8. The van der Waals surface area contributed by atoms with Crippen molar-refractivity contribution in [3.8, 4) is 11.1 Å². The normalized spacial score (nSPS) is 15.2. The van der Waals surface area contributed by atoms with E-state index < -0.39 is 45.5 Å². The van der Waals surface area contributed by atoms with E-state index >= 15 is 0 Å². The molecule has 0 atom stereocenters. The summed E-state index contributed by atoms with van der Waals surface area (Å²) in [5.74, 6) is -19.1. The van der Waals surface area contributed by atoms with Crippen molar-refractivity contribution >= 4 is 15.7 Å². The third kappa shape index (κ3) is 3.81. The number of benzene rings is 2. The van der Waals surface area contributed by atoms with E-state index in [-0.39, 0.29) is 12.7 Å². The Hall–Kier alpha value is -2.50. The van der Waals surface area contributed by atoms with E-state index in [0.29, 0.717) is 16.7 Å². The Bertz CT molecular complexity index is 1160. The lowest BCUT2D eigenvalue weighted by Gasteiger charge is -2.32. The van der Waals surface area contributed by atoms with Gasteiger partial charge in [0.15, 0.2) is 0 Å². The molecule has 0 unspecified atom stereocenters. The van der Waals surface area contributed by atoms with Gasteiger partial charge in [-0.3, -0.25) is 0 Å². The molecular formula is C19H13F8NO2S. The van der Waals surface area contributed by atoms with Crippen LogP contribution < -0.4 is 0 Å². The van der Waals surface area contributed by atoms with E-state index in [4.69, 9.17) is 0 Å². The van der Waals surface area contributed by atoms with Crippen LogP contribution in [0.2, 0.25) is 0 Å². The molecule has 1 aliphatic carbocycles. The average molecular weight is 471 g/mol. The topological polar surface area (TPSA) is 46.5 Å². The van der Waals surface area contributed by atoms with Crippen molar-refractivity contribution in [1.82, 2.24) is 0 Å². The molecule has 168 valence electrons. The van der Waals surface area contributed by atoms with Gasteiger partial charge in [-0.15, -0.1) is 0 Å². The second-order valence-electron chi connectivity index (χ2n) is 6.95. The molecule has 1 aliphatic rings. The Kier molecular flexibility index (Phi) is 5.44. The summed E-state index contributed by atoms with van der Waals surface area (Å²) in [5, 5.41) is 0. The Morgan fingerprint density at radius 2 is 1.52 bits per heavy atom. The molecule has 0 heterocycles. The molecule has 3 nitrogen and oxygen atoms in total. The van der Waals surface area contributed by atoms with E-state index in [1.165, 1.54) is 6.07 Å². The first-order valence-electron chi connectivity index (χ1n) is 8.53. The molecule has 0 saturated heterocycles. The molecule has 0 aromatic heterocycles. The lowest BCUT2D eigenvalue weighted by Crippen LogP contribution is -2.60. The summed E-state index contributed by atoms with van der Waals surface area (Å²) in [6.45, 7) is 0. The Balaban J connectivity index is 2.19. The molecule has 0 N–H and O–H groups in total. The SMILES string of the molecule is CS(=O)(=O)N=C(c1ccc2c(c1)Cc1ccccc1-2)C(F)(F)C(F)(F)C(F)(F)C(F)F. The van der Waals surface area contributed by atoms with Gasteiger partial charge < -0.3 is 0 Å². The predicted octanol–water partition coefficient (Wildman–Crippen LogP) is 5.18. The second kappa shape index (κ2) is 7.28. The number of sulfonamides is 1. The average Bonchev–Trinajstić information content (AvgIpc) is 3.02. The fourth-order valence-electron chi connectivity index (χ4n) is 3.24. The zero-order chi connectivity index (χ0) is 23.4. The fourth-order valence-corrected chi connectivity index (χ4v) is 3.80. The van der Waals surface area contributed by atoms with Crippen molar-refractivity contribution in [3.63, 3.8) is 0 Å². The molecular weight excluding hydrogens is 458 g/mol. The molecule has 0 aliphatic heterocycles. The standard InChI is InChI=1S/C19H13F8NO2S/c1-31(29,30)28-15(17(22,23)19(26,27)18(24,25)16(20)21)11-6-7-14-12(9-11)8-10-4-2-3-5-13(10)14/h2-7,9,16H,8H2,1H3. The molecule has 0 amide bonds. The molecule has 12 heteroatoms. The van der Waals surface area contributed by atoms with Gasteiger partial charge in [-0.1, -0.05) is 36.4 Å². The zero-order valence-electron chi connectivity index (χ0n) is 15.5. The largest absolute Gasteiger partial charge is 0.383 e. The first-order chi connectivity index (χ1) is 14.1. The van der Waals surface area contributed by atoms with Crippen LogP contribution in [0.1, 0.15) is 16.7 Å². The van der Waals surface area contributed by atoms with Gasteiger partial charge >= 0.3 is 24.2 Å². The Morgan fingerprint density at radius 1 is 0.935 bits per heavy atom. The summed E-state index contributed by atoms with van der Waals surface area (Å²) in [6.07, 6.45) is -4.70. The Labute approximate surface area is 171 Å². The number of hydrogen-bond donors (Lipinski definition) is 0. The first kappa shape index (κ1) is 23.2. The summed E-state index contributed by atoms with van der Waals surface area (Å²) in [7, 11) is -4.81. The minimum atomic E-state index is -6.64. The van der Waals surface area contributed by atoms with E-state index in [9.17, 15) is 43.5 Å². The van der Waals surface area contributed by atoms with E-state index in [0.717, 1.165) is 17.7 Å². The highest BCUT2D eigenvalue weighted by atomic mass is 32.2. The van der Waals surface area contributed by atoms with E-state index in [1.807, 2.05) is 0 Å². The maximum atomic E-state index is 14.6. The maximum absolute atomic E-state index is 14.6. The van der Waals surface area contributed by atoms with Crippen molar-refractivity contribution < 1.29 is 43.5 Å². The van der Waals surface area contributed by atoms with Crippen LogP contribution in [-0.2, 0) is 16.4 Å². The number of fused-ring (bicyclic) bond motifs is 3. The van der Waals surface area contributed by atoms with Crippen molar-refractivity contribution in [1.29, 1.82) is 0 Å². The number of nitrogens with zero attached hydrogens (tertiary/aromatic N) is 1. The summed E-state index contributed by atoms with van der Waals surface area (Å²) >= 11 is 0. The van der Waals surface area contributed by atoms with Gasteiger partial charge in [0, 0.05) is 5.56 Å². The molecule has 2 aromatic rings. The fraction of sp³-hybridized carbons (Fsp3) is 0.316. The van der Waals surface area contributed by atoms with Gasteiger partial charge in [-0.2, -0.15) is 30.7 Å². The molecule has 0 radical (unpaired) electrons. The first-order valence-corrected chi connectivity index (χ1v) is 10.4. The lowest BCUT2D eigenvalue weighted by molar-refractivity contribution is -0.319. The molecule has 31 heavy (non-hydrogen) atoms. The van der Waals surface area contributed by atoms with Gasteiger partial charge in [-0.05, 0) is 34.7 Å². The van der Waals surface area contributed by atoms with E-state index in [2.05, 4.69) is 4.40 Å². The van der Waals surface area contributed by atoms with Crippen LogP contribution >= 0.6 is 0 Å². The monoisotopic (exact) mass is 471 g/mol. The predicted molar refractivity (Wildman–Crippen MR) is 96.9 cm³/mol. The number of rotatable bonds is 6. The minimum absolute atomic E-state index is 0.167. The second-order valence-corrected chi connectivity index (χ2v) is 8.60. The maximum Gasteiger partial charge on any atom is 0.383 e. The van der Waals surface area contributed by atoms with Crippen LogP contribution in [-0.4, -0.2) is 44.6 Å². The zero-order valence-corrected chi connectivity index (χ0v) is 16.3.